The Kier molecular flexibility index (Phi) is 3.12. The lowest BCUT2D eigenvalue weighted by Gasteiger charge is -2.40. The first-order valence-corrected chi connectivity index (χ1v) is 7.57. The fourth-order valence-electron chi connectivity index (χ4n) is 2.29. The maximum Gasteiger partial charge on any atom is 0.227 e. The van der Waals surface area contributed by atoms with Gasteiger partial charge in [-0.1, -0.05) is 0 Å². The molecule has 106 valence electrons. The second-order valence-electron chi connectivity index (χ2n) is 6.17. The number of nitrogens with zero attached hydrogens (tertiary/aromatic N) is 3. The predicted molar refractivity (Wildman–Crippen MR) is 81.0 cm³/mol. The molecule has 3 rings (SSSR count). The van der Waals surface area contributed by atoms with Crippen molar-refractivity contribution in [2.75, 3.05) is 18.0 Å². The first kappa shape index (κ1) is 13.3. The maximum atomic E-state index is 12.1. The van der Waals surface area contributed by atoms with Gasteiger partial charge in [-0.25, -0.2) is 9.97 Å². The van der Waals surface area contributed by atoms with E-state index in [1.165, 1.54) is 0 Å². The third-order valence-corrected chi connectivity index (χ3v) is 4.17. The zero-order valence-corrected chi connectivity index (χ0v) is 12.7. The molecule has 0 aromatic carbocycles. The summed E-state index contributed by atoms with van der Waals surface area (Å²) in [6.45, 7) is 7.46. The summed E-state index contributed by atoms with van der Waals surface area (Å²) in [4.78, 5) is 22.8. The maximum absolute atomic E-state index is 12.1. The fourth-order valence-corrected chi connectivity index (χ4v) is 3.15. The van der Waals surface area contributed by atoms with Crippen molar-refractivity contribution in [2.45, 2.75) is 26.3 Å². The highest BCUT2D eigenvalue weighted by molar-refractivity contribution is 7.17. The molecule has 5 nitrogen and oxygen atoms in total. The molecular formula is C14H18N4OS. The van der Waals surface area contributed by atoms with Crippen molar-refractivity contribution in [3.63, 3.8) is 0 Å². The van der Waals surface area contributed by atoms with Crippen molar-refractivity contribution >= 4 is 33.3 Å². The highest BCUT2D eigenvalue weighted by Gasteiger charge is 2.35. The third-order valence-electron chi connectivity index (χ3n) is 3.27. The largest absolute Gasteiger partial charge is 0.354 e. The molecule has 1 N–H and O–H groups in total. The highest BCUT2D eigenvalue weighted by Crippen LogP contribution is 2.32. The summed E-state index contributed by atoms with van der Waals surface area (Å²) in [5, 5.41) is 5.05. The molecule has 0 unspecified atom stereocenters. The Morgan fingerprint density at radius 1 is 1.40 bits per heavy atom. The Hall–Kier alpha value is -1.69. The summed E-state index contributed by atoms with van der Waals surface area (Å²) < 4.78 is 1.10. The van der Waals surface area contributed by atoms with E-state index in [1.54, 1.807) is 17.7 Å². The topological polar surface area (TPSA) is 58.1 Å². The zero-order valence-electron chi connectivity index (χ0n) is 11.9. The summed E-state index contributed by atoms with van der Waals surface area (Å²) in [6.07, 6.45) is 1.59. The Morgan fingerprint density at radius 3 is 2.85 bits per heavy atom. The smallest absolute Gasteiger partial charge is 0.227 e. The molecule has 1 amide bonds. The van der Waals surface area contributed by atoms with Crippen LogP contribution < -0.4 is 10.2 Å². The van der Waals surface area contributed by atoms with Gasteiger partial charge in [-0.15, -0.1) is 11.3 Å². The van der Waals surface area contributed by atoms with Gasteiger partial charge in [0.05, 0.1) is 16.1 Å². The van der Waals surface area contributed by atoms with Gasteiger partial charge in [0.2, 0.25) is 5.91 Å². The van der Waals surface area contributed by atoms with Crippen LogP contribution >= 0.6 is 11.3 Å². The Morgan fingerprint density at radius 2 is 2.15 bits per heavy atom. The van der Waals surface area contributed by atoms with E-state index in [2.05, 4.69) is 20.2 Å². The van der Waals surface area contributed by atoms with Gasteiger partial charge in [0.25, 0.3) is 0 Å². The fraction of sp³-hybridized carbons (Fsp3) is 0.500. The van der Waals surface area contributed by atoms with Crippen LogP contribution in [0.3, 0.4) is 0 Å². The minimum Gasteiger partial charge on any atom is -0.354 e. The number of fused-ring (bicyclic) bond motifs is 1. The number of nitrogens with one attached hydrogen (secondary N) is 1. The lowest BCUT2D eigenvalue weighted by Crippen LogP contribution is -2.56. The van der Waals surface area contributed by atoms with Gasteiger partial charge in [-0.3, -0.25) is 4.79 Å². The molecular weight excluding hydrogens is 272 g/mol. The average Bonchev–Trinajstić information content (AvgIpc) is 2.73. The van der Waals surface area contributed by atoms with E-state index in [0.717, 1.165) is 29.1 Å². The molecule has 0 spiro atoms. The van der Waals surface area contributed by atoms with E-state index in [1.807, 2.05) is 32.2 Å². The summed E-state index contributed by atoms with van der Waals surface area (Å²) in [5.41, 5.74) is 0.801. The average molecular weight is 290 g/mol. The molecule has 3 heterocycles. The zero-order chi connectivity index (χ0) is 14.3. The monoisotopic (exact) mass is 290 g/mol. The number of anilines is 1. The first-order valence-electron chi connectivity index (χ1n) is 6.69. The lowest BCUT2D eigenvalue weighted by molar-refractivity contribution is -0.127. The van der Waals surface area contributed by atoms with Crippen LogP contribution in [-0.4, -0.2) is 34.5 Å². The van der Waals surface area contributed by atoms with E-state index < -0.39 is 0 Å². The second kappa shape index (κ2) is 4.70. The quantitative estimate of drug-likeness (QED) is 0.919. The number of carbonyl (C=O) groups is 1. The minimum absolute atomic E-state index is 0.0548. The van der Waals surface area contributed by atoms with E-state index in [9.17, 15) is 4.79 Å². The van der Waals surface area contributed by atoms with Crippen LogP contribution in [0.5, 0.6) is 0 Å². The lowest BCUT2D eigenvalue weighted by atomic mass is 9.97. The Bertz CT molecular complexity index is 640. The van der Waals surface area contributed by atoms with E-state index in [4.69, 9.17) is 0 Å². The van der Waals surface area contributed by atoms with Crippen LogP contribution in [0.2, 0.25) is 0 Å². The van der Waals surface area contributed by atoms with Crippen LogP contribution in [0.25, 0.3) is 10.2 Å². The molecule has 0 saturated carbocycles. The van der Waals surface area contributed by atoms with Crippen molar-refractivity contribution in [1.82, 2.24) is 15.3 Å². The van der Waals surface area contributed by atoms with E-state index in [-0.39, 0.29) is 17.4 Å². The number of rotatable bonds is 2. The Balaban J connectivity index is 1.69. The molecule has 0 atom stereocenters. The van der Waals surface area contributed by atoms with Crippen molar-refractivity contribution in [2.24, 2.45) is 5.92 Å². The molecule has 1 aliphatic heterocycles. The molecule has 1 saturated heterocycles. The van der Waals surface area contributed by atoms with Gasteiger partial charge in [0.15, 0.2) is 0 Å². The SMILES string of the molecule is CC(C)(C)NC(=O)C1CN(c2ncnc3ccsc23)C1. The summed E-state index contributed by atoms with van der Waals surface area (Å²) in [5.74, 6) is 1.13. The molecule has 6 heteroatoms. The normalized spacial score (nSPS) is 16.2. The van der Waals surface area contributed by atoms with Gasteiger partial charge in [-0.2, -0.15) is 0 Å². The molecule has 0 aliphatic carbocycles. The highest BCUT2D eigenvalue weighted by atomic mass is 32.1. The van der Waals surface area contributed by atoms with Gasteiger partial charge in [-0.05, 0) is 32.2 Å². The van der Waals surface area contributed by atoms with Crippen LogP contribution in [-0.2, 0) is 4.79 Å². The van der Waals surface area contributed by atoms with Crippen molar-refractivity contribution in [1.29, 1.82) is 0 Å². The number of carbonyl (C=O) groups excluding carboxylic acids is 1. The molecule has 1 aliphatic rings. The summed E-state index contributed by atoms with van der Waals surface area (Å²) >= 11 is 1.64. The minimum atomic E-state index is -0.173. The van der Waals surface area contributed by atoms with Gasteiger partial charge < -0.3 is 10.2 Å². The number of hydrogen-bond acceptors (Lipinski definition) is 5. The predicted octanol–water partition coefficient (Wildman–Crippen LogP) is 2.04. The van der Waals surface area contributed by atoms with Crippen LogP contribution in [0, 0.1) is 5.92 Å². The van der Waals surface area contributed by atoms with E-state index in [0.29, 0.717) is 0 Å². The number of thiophene rings is 1. The van der Waals surface area contributed by atoms with Crippen molar-refractivity contribution in [3.8, 4) is 0 Å². The van der Waals surface area contributed by atoms with Gasteiger partial charge in [0, 0.05) is 18.6 Å². The van der Waals surface area contributed by atoms with Crippen LogP contribution in [0.15, 0.2) is 17.8 Å². The van der Waals surface area contributed by atoms with Crippen LogP contribution in [0.4, 0.5) is 5.82 Å². The molecule has 0 bridgehead atoms. The molecule has 20 heavy (non-hydrogen) atoms. The van der Waals surface area contributed by atoms with Crippen molar-refractivity contribution < 1.29 is 4.79 Å². The number of amides is 1. The standard InChI is InChI=1S/C14H18N4OS/c1-14(2,3)17-13(19)9-6-18(7-9)12-11-10(4-5-20-11)15-8-16-12/h4-5,8-9H,6-7H2,1-3H3,(H,17,19). The van der Waals surface area contributed by atoms with Gasteiger partial charge in [0.1, 0.15) is 12.1 Å². The molecule has 2 aromatic heterocycles. The van der Waals surface area contributed by atoms with Crippen molar-refractivity contribution in [3.05, 3.63) is 17.8 Å². The number of aromatic nitrogens is 2. The third kappa shape index (κ3) is 2.47. The molecule has 1 fully saturated rings. The second-order valence-corrected chi connectivity index (χ2v) is 7.09. The van der Waals surface area contributed by atoms with E-state index >= 15 is 0 Å². The Labute approximate surface area is 122 Å². The molecule has 2 aromatic rings. The van der Waals surface area contributed by atoms with Crippen LogP contribution in [0.1, 0.15) is 20.8 Å². The summed E-state index contributed by atoms with van der Waals surface area (Å²) in [6, 6.07) is 1.99. The summed E-state index contributed by atoms with van der Waals surface area (Å²) in [7, 11) is 0. The molecule has 0 radical (unpaired) electrons. The van der Waals surface area contributed by atoms with Gasteiger partial charge >= 0.3 is 0 Å². The number of hydrogen-bond donors (Lipinski definition) is 1. The first-order chi connectivity index (χ1) is 9.44.